The van der Waals surface area contributed by atoms with E-state index in [0.29, 0.717) is 11.9 Å². The van der Waals surface area contributed by atoms with Gasteiger partial charge in [0.25, 0.3) is 0 Å². The predicted molar refractivity (Wildman–Crippen MR) is 70.9 cm³/mol. The zero-order valence-electron chi connectivity index (χ0n) is 10.8. The van der Waals surface area contributed by atoms with E-state index in [-0.39, 0.29) is 0 Å². The number of nitrogens with zero attached hydrogens (tertiary/aromatic N) is 2. The van der Waals surface area contributed by atoms with Crippen LogP contribution in [0, 0.1) is 6.92 Å². The van der Waals surface area contributed by atoms with Gasteiger partial charge in [-0.1, -0.05) is 12.1 Å². The van der Waals surface area contributed by atoms with Crippen LogP contribution in [0.25, 0.3) is 0 Å². The molecule has 4 nitrogen and oxygen atoms in total. The summed E-state index contributed by atoms with van der Waals surface area (Å²) in [4.78, 5) is 8.31. The molecule has 0 bridgehead atoms. The summed E-state index contributed by atoms with van der Waals surface area (Å²) in [5, 5.41) is 10.3. The molecule has 1 saturated carbocycles. The summed E-state index contributed by atoms with van der Waals surface area (Å²) in [5.41, 5.74) is 1.73. The standard InChI is InChI=1S/C15H16N2O2/c1-10-8-16-15(17-9-10)14(18)11-3-2-4-13(7-11)19-12-5-6-12/h2-4,7-9,12,14,18H,5-6H2,1H3. The van der Waals surface area contributed by atoms with Gasteiger partial charge in [0.15, 0.2) is 5.82 Å². The quantitative estimate of drug-likeness (QED) is 0.912. The van der Waals surface area contributed by atoms with Crippen LogP contribution in [-0.4, -0.2) is 21.2 Å². The molecule has 3 rings (SSSR count). The average molecular weight is 256 g/mol. The Hall–Kier alpha value is -1.94. The van der Waals surface area contributed by atoms with Crippen molar-refractivity contribution in [2.75, 3.05) is 0 Å². The van der Waals surface area contributed by atoms with E-state index < -0.39 is 6.10 Å². The summed E-state index contributed by atoms with van der Waals surface area (Å²) in [5.74, 6) is 1.21. The van der Waals surface area contributed by atoms with E-state index >= 15 is 0 Å². The largest absolute Gasteiger partial charge is 0.490 e. The molecule has 1 aliphatic carbocycles. The van der Waals surface area contributed by atoms with Crippen molar-refractivity contribution in [3.63, 3.8) is 0 Å². The molecular weight excluding hydrogens is 240 g/mol. The first-order valence-corrected chi connectivity index (χ1v) is 6.45. The minimum absolute atomic E-state index is 0.350. The monoisotopic (exact) mass is 256 g/mol. The van der Waals surface area contributed by atoms with Crippen LogP contribution in [0.4, 0.5) is 0 Å². The molecule has 0 spiro atoms. The Morgan fingerprint density at radius 1 is 1.26 bits per heavy atom. The molecule has 1 N–H and O–H groups in total. The van der Waals surface area contributed by atoms with E-state index in [9.17, 15) is 5.11 Å². The van der Waals surface area contributed by atoms with Crippen molar-refractivity contribution in [1.29, 1.82) is 0 Å². The molecule has 0 aliphatic heterocycles. The molecule has 4 heteroatoms. The highest BCUT2D eigenvalue weighted by molar-refractivity contribution is 5.32. The molecule has 0 saturated heterocycles. The summed E-state index contributed by atoms with van der Waals surface area (Å²) in [7, 11) is 0. The molecule has 1 unspecified atom stereocenters. The Morgan fingerprint density at radius 3 is 2.68 bits per heavy atom. The topological polar surface area (TPSA) is 55.2 Å². The lowest BCUT2D eigenvalue weighted by Gasteiger charge is -2.11. The van der Waals surface area contributed by atoms with E-state index in [1.165, 1.54) is 0 Å². The van der Waals surface area contributed by atoms with Gasteiger partial charge in [-0.05, 0) is 43.0 Å². The molecule has 98 valence electrons. The molecule has 1 heterocycles. The number of ether oxygens (including phenoxy) is 1. The minimum Gasteiger partial charge on any atom is -0.490 e. The maximum absolute atomic E-state index is 10.3. The highest BCUT2D eigenvalue weighted by Gasteiger charge is 2.24. The summed E-state index contributed by atoms with van der Waals surface area (Å²) in [6, 6.07) is 7.49. The van der Waals surface area contributed by atoms with Crippen molar-refractivity contribution in [3.8, 4) is 5.75 Å². The number of rotatable bonds is 4. The molecule has 0 radical (unpaired) electrons. The molecule has 1 aliphatic rings. The molecule has 1 fully saturated rings. The van der Waals surface area contributed by atoms with Gasteiger partial charge in [0.05, 0.1) is 6.10 Å². The smallest absolute Gasteiger partial charge is 0.161 e. The molecule has 1 aromatic heterocycles. The van der Waals surface area contributed by atoms with Gasteiger partial charge in [0, 0.05) is 12.4 Å². The van der Waals surface area contributed by atoms with E-state index in [1.807, 2.05) is 31.2 Å². The average Bonchev–Trinajstić information content (AvgIpc) is 3.23. The number of hydrogen-bond donors (Lipinski definition) is 1. The van der Waals surface area contributed by atoms with Gasteiger partial charge in [0.2, 0.25) is 0 Å². The summed E-state index contributed by atoms with van der Waals surface area (Å²) >= 11 is 0. The number of aliphatic hydroxyl groups excluding tert-OH is 1. The van der Waals surface area contributed by atoms with Crippen molar-refractivity contribution in [3.05, 3.63) is 53.6 Å². The molecule has 0 amide bonds. The lowest BCUT2D eigenvalue weighted by molar-refractivity contribution is 0.208. The SMILES string of the molecule is Cc1cnc(C(O)c2cccc(OC3CC3)c2)nc1. The zero-order valence-corrected chi connectivity index (χ0v) is 10.8. The number of aryl methyl sites for hydroxylation is 1. The van der Waals surface area contributed by atoms with Crippen molar-refractivity contribution in [2.45, 2.75) is 32.0 Å². The van der Waals surface area contributed by atoms with Crippen molar-refractivity contribution in [1.82, 2.24) is 9.97 Å². The fraction of sp³-hybridized carbons (Fsp3) is 0.333. The third kappa shape index (κ3) is 2.90. The molecular formula is C15H16N2O2. The van der Waals surface area contributed by atoms with E-state index in [4.69, 9.17) is 4.74 Å². The van der Waals surface area contributed by atoms with E-state index in [2.05, 4.69) is 9.97 Å². The second kappa shape index (κ2) is 4.97. The van der Waals surface area contributed by atoms with Gasteiger partial charge in [-0.2, -0.15) is 0 Å². The van der Waals surface area contributed by atoms with Crippen molar-refractivity contribution < 1.29 is 9.84 Å². The summed E-state index contributed by atoms with van der Waals surface area (Å²) in [6.45, 7) is 1.92. The Bertz CT molecular complexity index is 565. The van der Waals surface area contributed by atoms with Gasteiger partial charge >= 0.3 is 0 Å². The highest BCUT2D eigenvalue weighted by atomic mass is 16.5. The van der Waals surface area contributed by atoms with Gasteiger partial charge in [-0.3, -0.25) is 0 Å². The lowest BCUT2D eigenvalue weighted by Crippen LogP contribution is -2.06. The molecule has 19 heavy (non-hydrogen) atoms. The highest BCUT2D eigenvalue weighted by Crippen LogP contribution is 2.29. The van der Waals surface area contributed by atoms with Crippen LogP contribution in [0.15, 0.2) is 36.7 Å². The lowest BCUT2D eigenvalue weighted by atomic mass is 10.1. The fourth-order valence-electron chi connectivity index (χ4n) is 1.83. The van der Waals surface area contributed by atoms with Crippen LogP contribution < -0.4 is 4.74 Å². The summed E-state index contributed by atoms with van der Waals surface area (Å²) in [6.07, 6.45) is 5.18. The van der Waals surface area contributed by atoms with Crippen LogP contribution in [0.1, 0.15) is 35.9 Å². The maximum atomic E-state index is 10.3. The van der Waals surface area contributed by atoms with Gasteiger partial charge in [-0.15, -0.1) is 0 Å². The number of aliphatic hydroxyl groups is 1. The number of hydrogen-bond acceptors (Lipinski definition) is 4. The number of benzene rings is 1. The Morgan fingerprint density at radius 2 is 2.00 bits per heavy atom. The van der Waals surface area contributed by atoms with Crippen LogP contribution in [0.2, 0.25) is 0 Å². The van der Waals surface area contributed by atoms with Crippen LogP contribution in [-0.2, 0) is 0 Å². The van der Waals surface area contributed by atoms with Gasteiger partial charge in [0.1, 0.15) is 11.9 Å². The van der Waals surface area contributed by atoms with Crippen LogP contribution in [0.3, 0.4) is 0 Å². The second-order valence-corrected chi connectivity index (χ2v) is 4.91. The maximum Gasteiger partial charge on any atom is 0.161 e. The Balaban J connectivity index is 1.81. The first-order chi connectivity index (χ1) is 9.22. The molecule has 1 atom stereocenters. The van der Waals surface area contributed by atoms with Crippen LogP contribution >= 0.6 is 0 Å². The normalized spacial score (nSPS) is 16.1. The van der Waals surface area contributed by atoms with Crippen LogP contribution in [0.5, 0.6) is 5.75 Å². The van der Waals surface area contributed by atoms with Crippen molar-refractivity contribution >= 4 is 0 Å². The number of aromatic nitrogens is 2. The summed E-state index contributed by atoms with van der Waals surface area (Å²) < 4.78 is 5.72. The molecule has 1 aromatic carbocycles. The first kappa shape index (κ1) is 12.1. The molecule has 2 aromatic rings. The van der Waals surface area contributed by atoms with Gasteiger partial charge < -0.3 is 9.84 Å². The van der Waals surface area contributed by atoms with E-state index in [0.717, 1.165) is 29.7 Å². The van der Waals surface area contributed by atoms with Gasteiger partial charge in [-0.25, -0.2) is 9.97 Å². The Labute approximate surface area is 112 Å². The van der Waals surface area contributed by atoms with Crippen molar-refractivity contribution in [2.24, 2.45) is 0 Å². The minimum atomic E-state index is -0.816. The fourth-order valence-corrected chi connectivity index (χ4v) is 1.83. The third-order valence-corrected chi connectivity index (χ3v) is 3.05. The van der Waals surface area contributed by atoms with E-state index in [1.54, 1.807) is 12.4 Å². The zero-order chi connectivity index (χ0) is 13.2. The Kier molecular flexibility index (Phi) is 3.17. The second-order valence-electron chi connectivity index (χ2n) is 4.91. The predicted octanol–water partition coefficient (Wildman–Crippen LogP) is 2.41. The first-order valence-electron chi connectivity index (χ1n) is 6.45. The third-order valence-electron chi connectivity index (χ3n) is 3.05.